The Morgan fingerprint density at radius 1 is 1.11 bits per heavy atom. The van der Waals surface area contributed by atoms with E-state index >= 15 is 0 Å². The van der Waals surface area contributed by atoms with Crippen molar-refractivity contribution in [1.29, 1.82) is 5.26 Å². The van der Waals surface area contributed by atoms with Crippen LogP contribution in [0.5, 0.6) is 0 Å². The molecule has 2 atom stereocenters. The minimum Gasteiger partial charge on any atom is -0.381 e. The SMILES string of the molecule is N#Cc1ccc(CN2C[C@H](Cc3cc4nc(N)c(F)cc4[nH]3)C3(NC(=O)c4cc(F)ccc43)C2=O)cc1F. The molecule has 0 saturated carbocycles. The molecular weight excluding hydrogens is 497 g/mol. The molecule has 11 heteroatoms. The zero-order valence-electron chi connectivity index (χ0n) is 19.7. The normalized spacial score (nSPS) is 20.3. The molecule has 190 valence electrons. The number of nitrogens with two attached hydrogens (primary N) is 1. The number of pyridine rings is 1. The number of rotatable bonds is 4. The van der Waals surface area contributed by atoms with Crippen LogP contribution in [0.4, 0.5) is 19.0 Å². The third kappa shape index (κ3) is 3.48. The highest BCUT2D eigenvalue weighted by molar-refractivity contribution is 6.08. The van der Waals surface area contributed by atoms with Crippen LogP contribution in [-0.4, -0.2) is 33.2 Å². The quantitative estimate of drug-likeness (QED) is 0.384. The highest BCUT2D eigenvalue weighted by Gasteiger charge is 2.60. The fourth-order valence-corrected chi connectivity index (χ4v) is 5.56. The number of likely N-dealkylation sites (tertiary alicyclic amines) is 1. The molecule has 2 aromatic heterocycles. The number of nitrogen functional groups attached to an aromatic ring is 1. The zero-order valence-corrected chi connectivity index (χ0v) is 19.7. The third-order valence-electron chi connectivity index (χ3n) is 7.27. The van der Waals surface area contributed by atoms with Crippen LogP contribution in [0, 0.1) is 34.7 Å². The van der Waals surface area contributed by atoms with Crippen LogP contribution in [0.15, 0.2) is 48.5 Å². The van der Waals surface area contributed by atoms with Gasteiger partial charge in [0.25, 0.3) is 11.8 Å². The molecule has 2 amide bonds. The maximum absolute atomic E-state index is 14.3. The summed E-state index contributed by atoms with van der Waals surface area (Å²) in [6.45, 7) is 0.207. The van der Waals surface area contributed by atoms with Crippen molar-refractivity contribution in [3.63, 3.8) is 0 Å². The number of nitrogens with zero attached hydrogens (tertiary/aromatic N) is 3. The van der Waals surface area contributed by atoms with Crippen LogP contribution in [0.2, 0.25) is 0 Å². The summed E-state index contributed by atoms with van der Waals surface area (Å²) in [5, 5.41) is 11.8. The molecule has 38 heavy (non-hydrogen) atoms. The molecule has 1 unspecified atom stereocenters. The maximum atomic E-state index is 14.3. The maximum Gasteiger partial charge on any atom is 0.253 e. The van der Waals surface area contributed by atoms with E-state index in [1.54, 1.807) is 18.2 Å². The van der Waals surface area contributed by atoms with Crippen molar-refractivity contribution in [2.75, 3.05) is 12.3 Å². The number of nitriles is 1. The number of nitrogens with one attached hydrogen (secondary N) is 2. The number of hydrogen-bond donors (Lipinski definition) is 3. The minimum atomic E-state index is -1.49. The summed E-state index contributed by atoms with van der Waals surface area (Å²) in [5.74, 6) is -3.73. The van der Waals surface area contributed by atoms with Crippen molar-refractivity contribution in [2.45, 2.75) is 18.5 Å². The summed E-state index contributed by atoms with van der Waals surface area (Å²) in [6, 6.07) is 12.5. The number of aromatic amines is 1. The van der Waals surface area contributed by atoms with Crippen molar-refractivity contribution in [2.24, 2.45) is 5.92 Å². The Hall–Kier alpha value is -4.85. The van der Waals surface area contributed by atoms with Gasteiger partial charge >= 0.3 is 0 Å². The lowest BCUT2D eigenvalue weighted by Crippen LogP contribution is -2.50. The van der Waals surface area contributed by atoms with Gasteiger partial charge in [0.1, 0.15) is 17.7 Å². The topological polar surface area (TPSA) is 128 Å². The lowest BCUT2D eigenvalue weighted by molar-refractivity contribution is -0.134. The van der Waals surface area contributed by atoms with E-state index in [2.05, 4.69) is 15.3 Å². The van der Waals surface area contributed by atoms with Gasteiger partial charge in [-0.25, -0.2) is 18.2 Å². The number of carbonyl (C=O) groups excluding carboxylic acids is 2. The van der Waals surface area contributed by atoms with Crippen LogP contribution in [-0.2, 0) is 23.3 Å². The van der Waals surface area contributed by atoms with Gasteiger partial charge < -0.3 is 20.9 Å². The van der Waals surface area contributed by atoms with Gasteiger partial charge in [-0.3, -0.25) is 9.59 Å². The molecule has 6 rings (SSSR count). The Bertz CT molecular complexity index is 1670. The predicted octanol–water partition coefficient (Wildman–Crippen LogP) is 3.27. The molecule has 4 N–H and O–H groups in total. The van der Waals surface area contributed by atoms with Gasteiger partial charge in [-0.15, -0.1) is 0 Å². The van der Waals surface area contributed by atoms with Crippen molar-refractivity contribution in [3.05, 3.63) is 93.9 Å². The van der Waals surface area contributed by atoms with E-state index in [0.717, 1.165) is 6.07 Å². The van der Waals surface area contributed by atoms with Crippen LogP contribution in [0.3, 0.4) is 0 Å². The Balaban J connectivity index is 1.41. The van der Waals surface area contributed by atoms with Gasteiger partial charge in [-0.05, 0) is 42.3 Å². The van der Waals surface area contributed by atoms with Crippen LogP contribution in [0.25, 0.3) is 11.0 Å². The van der Waals surface area contributed by atoms with Gasteiger partial charge in [0, 0.05) is 41.9 Å². The molecule has 1 spiro atoms. The van der Waals surface area contributed by atoms with Crippen molar-refractivity contribution in [1.82, 2.24) is 20.2 Å². The minimum absolute atomic E-state index is 0.0299. The number of hydrogen-bond acceptors (Lipinski definition) is 5. The summed E-state index contributed by atoms with van der Waals surface area (Å²) < 4.78 is 42.2. The molecule has 1 fully saturated rings. The predicted molar refractivity (Wildman–Crippen MR) is 130 cm³/mol. The van der Waals surface area contributed by atoms with Crippen molar-refractivity contribution < 1.29 is 22.8 Å². The number of H-pyrrole nitrogens is 1. The highest BCUT2D eigenvalue weighted by Crippen LogP contribution is 2.45. The molecule has 0 radical (unpaired) electrons. The van der Waals surface area contributed by atoms with Crippen LogP contribution in [0.1, 0.15) is 32.7 Å². The molecule has 4 aromatic rings. The third-order valence-corrected chi connectivity index (χ3v) is 7.27. The number of amides is 2. The van der Waals surface area contributed by atoms with Gasteiger partial charge in [0.2, 0.25) is 0 Å². The fraction of sp³-hybridized carbons (Fsp3) is 0.185. The Morgan fingerprint density at radius 3 is 2.68 bits per heavy atom. The monoisotopic (exact) mass is 516 g/mol. The first-order chi connectivity index (χ1) is 18.2. The van der Waals surface area contributed by atoms with Gasteiger partial charge in [0.15, 0.2) is 17.2 Å². The van der Waals surface area contributed by atoms with E-state index in [1.807, 2.05) is 0 Å². The van der Waals surface area contributed by atoms with E-state index in [4.69, 9.17) is 11.0 Å². The molecule has 2 aromatic carbocycles. The number of anilines is 1. The summed E-state index contributed by atoms with van der Waals surface area (Å²) in [6.07, 6.45) is 0.249. The first-order valence-corrected chi connectivity index (χ1v) is 11.7. The molecule has 0 bridgehead atoms. The number of aromatic nitrogens is 2. The Kier molecular flexibility index (Phi) is 5.17. The number of halogens is 3. The second kappa shape index (κ2) is 8.34. The van der Waals surface area contributed by atoms with Gasteiger partial charge in [-0.1, -0.05) is 12.1 Å². The van der Waals surface area contributed by atoms with Gasteiger partial charge in [-0.2, -0.15) is 5.26 Å². The summed E-state index contributed by atoms with van der Waals surface area (Å²) in [4.78, 5) is 35.5. The first-order valence-electron chi connectivity index (χ1n) is 11.7. The van der Waals surface area contributed by atoms with Gasteiger partial charge in [0.05, 0.1) is 16.6 Å². The lowest BCUT2D eigenvalue weighted by atomic mass is 9.78. The highest BCUT2D eigenvalue weighted by atomic mass is 19.1. The Morgan fingerprint density at radius 2 is 1.92 bits per heavy atom. The molecular formula is C27H19F3N6O2. The second-order valence-electron chi connectivity index (χ2n) is 9.55. The number of carbonyl (C=O) groups is 2. The van der Waals surface area contributed by atoms with E-state index in [9.17, 15) is 22.8 Å². The van der Waals surface area contributed by atoms with Crippen molar-refractivity contribution in [3.8, 4) is 6.07 Å². The summed E-state index contributed by atoms with van der Waals surface area (Å²) >= 11 is 0. The molecule has 4 heterocycles. The number of benzene rings is 2. The van der Waals surface area contributed by atoms with E-state index in [-0.39, 0.29) is 36.5 Å². The molecule has 2 aliphatic rings. The lowest BCUT2D eigenvalue weighted by Gasteiger charge is -2.29. The summed E-state index contributed by atoms with van der Waals surface area (Å²) in [5.41, 5.74) is 6.40. The average Bonchev–Trinajstić information content (AvgIpc) is 3.48. The molecule has 2 aliphatic heterocycles. The Labute approximate surface area is 213 Å². The van der Waals surface area contributed by atoms with E-state index in [0.29, 0.717) is 27.9 Å². The zero-order chi connectivity index (χ0) is 26.8. The number of fused-ring (bicyclic) bond motifs is 3. The van der Waals surface area contributed by atoms with E-state index in [1.165, 1.54) is 35.2 Å². The van der Waals surface area contributed by atoms with Crippen LogP contribution >= 0.6 is 0 Å². The fourth-order valence-electron chi connectivity index (χ4n) is 5.56. The van der Waals surface area contributed by atoms with E-state index < -0.39 is 40.7 Å². The second-order valence-corrected chi connectivity index (χ2v) is 9.55. The smallest absolute Gasteiger partial charge is 0.253 e. The molecule has 8 nitrogen and oxygen atoms in total. The standard InChI is InChI=1S/C27H19F3N6O2/c28-16-3-4-19-18(7-16)25(37)35-27(19)15(6-17-8-22-23(33-17)9-21(30)24(32)34-22)12-36(26(27)38)11-13-1-2-14(10-31)20(29)5-13/h1-5,7-9,15,33H,6,11-12H2,(H2,32,34)(H,35,37)/t15-,27?/m0/s1. The molecule has 0 aliphatic carbocycles. The average molecular weight is 516 g/mol. The summed E-state index contributed by atoms with van der Waals surface area (Å²) in [7, 11) is 0. The van der Waals surface area contributed by atoms with Crippen molar-refractivity contribution >= 4 is 28.7 Å². The largest absolute Gasteiger partial charge is 0.381 e. The first kappa shape index (κ1) is 23.5. The van der Waals surface area contributed by atoms with Crippen LogP contribution < -0.4 is 11.1 Å². The molecule has 1 saturated heterocycles.